The Morgan fingerprint density at radius 3 is 1.71 bits per heavy atom. The predicted octanol–water partition coefficient (Wildman–Crippen LogP) is 2.36. The van der Waals surface area contributed by atoms with Crippen LogP contribution >= 0.6 is 0 Å². The van der Waals surface area contributed by atoms with Gasteiger partial charge < -0.3 is 0 Å². The summed E-state index contributed by atoms with van der Waals surface area (Å²) in [6, 6.07) is 0. The number of ketones is 1. The van der Waals surface area contributed by atoms with Crippen molar-refractivity contribution in [1.29, 1.82) is 0 Å². The first-order chi connectivity index (χ1) is 6.09. The van der Waals surface area contributed by atoms with Gasteiger partial charge in [0.05, 0.1) is 0 Å². The molecule has 14 heavy (non-hydrogen) atoms. The summed E-state index contributed by atoms with van der Waals surface area (Å²) in [5, 5.41) is 0. The minimum atomic E-state index is -0.320. The van der Waals surface area contributed by atoms with Gasteiger partial charge in [0, 0.05) is 0 Å². The summed E-state index contributed by atoms with van der Waals surface area (Å²) >= 11 is 0.429. The van der Waals surface area contributed by atoms with E-state index in [1.165, 1.54) is 0 Å². The topological polar surface area (TPSA) is 26.3 Å². The molecular formula is C11H20O2Pb. The molecule has 0 saturated heterocycles. The number of rotatable bonds is 2. The quantitative estimate of drug-likeness (QED) is 0.410. The molecule has 0 aromatic carbocycles. The van der Waals surface area contributed by atoms with Crippen molar-refractivity contribution < 1.29 is 7.48 Å². The van der Waals surface area contributed by atoms with Crippen LogP contribution in [0.15, 0.2) is 11.8 Å². The van der Waals surface area contributed by atoms with Crippen molar-refractivity contribution in [2.75, 3.05) is 0 Å². The molecule has 0 aromatic heterocycles. The molecule has 0 unspecified atom stereocenters. The van der Waals surface area contributed by atoms with E-state index in [1.807, 2.05) is 20.8 Å². The Morgan fingerprint density at radius 2 is 1.50 bits per heavy atom. The summed E-state index contributed by atoms with van der Waals surface area (Å²) in [5.74, 6) is 0.936. The Bertz CT molecular complexity index is 241. The monoisotopic (exact) mass is 392 g/mol. The molecule has 0 aromatic rings. The van der Waals surface area contributed by atoms with Gasteiger partial charge >= 0.3 is 104 Å². The Kier molecular flexibility index (Phi) is 4.81. The molecule has 2 radical (unpaired) electrons. The van der Waals surface area contributed by atoms with Crippen LogP contribution in [0.1, 0.15) is 41.5 Å². The molecule has 80 valence electrons. The molecule has 0 heterocycles. The average molecular weight is 391 g/mol. The molecule has 2 nitrogen and oxygen atoms in total. The van der Waals surface area contributed by atoms with Crippen LogP contribution in [0.5, 0.6) is 0 Å². The second-order valence-electron chi connectivity index (χ2n) is 5.49. The van der Waals surface area contributed by atoms with E-state index in [2.05, 4.69) is 20.8 Å². The van der Waals surface area contributed by atoms with E-state index < -0.39 is 0 Å². The number of carbonyl (C=O) groups excluding carboxylic acids is 1. The number of carbonyl (C=O) groups is 1. The van der Waals surface area contributed by atoms with Crippen LogP contribution < -0.4 is 0 Å². The number of hydrogen-bond acceptors (Lipinski definition) is 2. The van der Waals surface area contributed by atoms with Gasteiger partial charge in [-0.25, -0.2) is 0 Å². The van der Waals surface area contributed by atoms with Crippen LogP contribution in [0.2, 0.25) is 0 Å². The predicted molar refractivity (Wildman–Crippen MR) is 60.2 cm³/mol. The van der Waals surface area contributed by atoms with Gasteiger partial charge in [0.15, 0.2) is 0 Å². The summed E-state index contributed by atoms with van der Waals surface area (Å²) in [4.78, 5) is 11.7. The minimum absolute atomic E-state index is 0.0737. The zero-order valence-electron chi connectivity index (χ0n) is 9.97. The number of hydrogen-bond donors (Lipinski definition) is 0. The standard InChI is InChI=1S/C11H20O2.Pb.H/c1-10(2,3)8(12)7-9(13)11(4,5)6;;/h7,12H,1-6H3;;/q;+1;/p-1. The van der Waals surface area contributed by atoms with Gasteiger partial charge in [0.2, 0.25) is 0 Å². The van der Waals surface area contributed by atoms with E-state index >= 15 is 0 Å². The molecular weight excluding hydrogens is 371 g/mol. The molecule has 0 atom stereocenters. The normalized spacial score (nSPS) is 14.1. The van der Waals surface area contributed by atoms with Crippen molar-refractivity contribution in [3.8, 4) is 0 Å². The van der Waals surface area contributed by atoms with E-state index in [-0.39, 0.29) is 16.6 Å². The average Bonchev–Trinajstić information content (AvgIpc) is 1.95. The second-order valence-corrected chi connectivity index (χ2v) is 6.41. The Labute approximate surface area is 103 Å². The fourth-order valence-corrected chi connectivity index (χ4v) is 2.40. The van der Waals surface area contributed by atoms with Crippen LogP contribution in [-0.4, -0.2) is 32.0 Å². The van der Waals surface area contributed by atoms with Crippen LogP contribution in [0.25, 0.3) is 0 Å². The molecule has 0 saturated carbocycles. The van der Waals surface area contributed by atoms with Crippen molar-refractivity contribution in [2.24, 2.45) is 10.8 Å². The molecule has 0 fully saturated rings. The fourth-order valence-electron chi connectivity index (χ4n) is 0.763. The van der Waals surface area contributed by atoms with E-state index in [0.29, 0.717) is 26.2 Å². The third-order valence-electron chi connectivity index (χ3n) is 1.87. The Balaban J connectivity index is 4.89. The maximum absolute atomic E-state index is 11.7. The van der Waals surface area contributed by atoms with E-state index in [0.717, 1.165) is 5.76 Å². The molecule has 0 N–H and O–H groups in total. The van der Waals surface area contributed by atoms with Gasteiger partial charge in [0.1, 0.15) is 0 Å². The van der Waals surface area contributed by atoms with Gasteiger partial charge in [-0.2, -0.15) is 0 Å². The van der Waals surface area contributed by atoms with Crippen LogP contribution in [-0.2, 0) is 7.48 Å². The zero-order valence-corrected chi connectivity index (χ0v) is 14.5. The molecule has 0 aliphatic heterocycles. The summed E-state index contributed by atoms with van der Waals surface area (Å²) in [7, 11) is 0. The van der Waals surface area contributed by atoms with Gasteiger partial charge in [-0.15, -0.1) is 0 Å². The van der Waals surface area contributed by atoms with Crippen LogP contribution in [0.3, 0.4) is 0 Å². The first-order valence-corrected chi connectivity index (χ1v) is 6.55. The first-order valence-electron chi connectivity index (χ1n) is 4.72. The molecule has 0 rings (SSSR count). The zero-order chi connectivity index (χ0) is 11.6. The van der Waals surface area contributed by atoms with Crippen LogP contribution in [0, 0.1) is 10.8 Å². The van der Waals surface area contributed by atoms with Gasteiger partial charge in [-0.3, -0.25) is 0 Å². The maximum atomic E-state index is 11.7. The molecule has 0 amide bonds. The van der Waals surface area contributed by atoms with Crippen molar-refractivity contribution >= 4 is 32.0 Å². The van der Waals surface area contributed by atoms with Crippen molar-refractivity contribution in [3.05, 3.63) is 11.8 Å². The summed E-state index contributed by atoms with van der Waals surface area (Å²) in [5.41, 5.74) is -0.393. The molecule has 3 heteroatoms. The van der Waals surface area contributed by atoms with Gasteiger partial charge in [0.25, 0.3) is 0 Å². The fraction of sp³-hybridized carbons (Fsp3) is 0.727. The van der Waals surface area contributed by atoms with E-state index in [4.69, 9.17) is 2.69 Å². The molecule has 0 spiro atoms. The molecule has 0 bridgehead atoms. The van der Waals surface area contributed by atoms with Crippen molar-refractivity contribution in [1.82, 2.24) is 0 Å². The van der Waals surface area contributed by atoms with Gasteiger partial charge in [-0.05, 0) is 0 Å². The summed E-state index contributed by atoms with van der Waals surface area (Å²) in [6.07, 6.45) is 1.65. The van der Waals surface area contributed by atoms with Crippen molar-refractivity contribution in [3.63, 3.8) is 0 Å². The molecule has 0 aliphatic rings. The second kappa shape index (κ2) is 4.77. The van der Waals surface area contributed by atoms with Crippen LogP contribution in [0.4, 0.5) is 0 Å². The third kappa shape index (κ3) is 4.57. The summed E-state index contributed by atoms with van der Waals surface area (Å²) < 4.78 is 5.39. The van der Waals surface area contributed by atoms with E-state index in [9.17, 15) is 4.79 Å². The number of allylic oxidation sites excluding steroid dienone is 2. The Morgan fingerprint density at radius 1 is 1.07 bits per heavy atom. The Hall–Kier alpha value is 0.132. The van der Waals surface area contributed by atoms with Crippen molar-refractivity contribution in [2.45, 2.75) is 41.5 Å². The molecule has 0 aliphatic carbocycles. The first kappa shape index (κ1) is 14.1. The van der Waals surface area contributed by atoms with Gasteiger partial charge in [-0.1, -0.05) is 0 Å². The SMILES string of the molecule is CC(C)(C)C(=O)C=C([O][PbH])C(C)(C)C. The third-order valence-corrected chi connectivity index (χ3v) is 2.85. The van der Waals surface area contributed by atoms with E-state index in [1.54, 1.807) is 6.08 Å². The summed E-state index contributed by atoms with van der Waals surface area (Å²) in [6.45, 7) is 11.9.